The molecule has 2 heterocycles. The van der Waals surface area contributed by atoms with Gasteiger partial charge in [0.25, 0.3) is 20.2 Å². The van der Waals surface area contributed by atoms with Crippen molar-refractivity contribution in [2.45, 2.75) is 29.7 Å². The Morgan fingerprint density at radius 2 is 1.46 bits per heavy atom. The molecule has 0 spiro atoms. The molecule has 3 aromatic rings. The predicted octanol–water partition coefficient (Wildman–Crippen LogP) is 3.80. The minimum absolute atomic E-state index is 0.0133. The van der Waals surface area contributed by atoms with E-state index in [4.69, 9.17) is 38.4 Å². The molecule has 0 amide bonds. The van der Waals surface area contributed by atoms with Crippen LogP contribution in [0.4, 0.5) is 0 Å². The van der Waals surface area contributed by atoms with Gasteiger partial charge in [-0.2, -0.15) is 17.8 Å². The molecule has 0 aromatic heterocycles. The minimum Gasteiger partial charge on any atom is -0.248 e. The van der Waals surface area contributed by atoms with Crippen LogP contribution in [0.5, 0.6) is 0 Å². The Balaban J connectivity index is 1.52. The van der Waals surface area contributed by atoms with E-state index in [0.29, 0.717) is 29.4 Å². The first-order valence-corrected chi connectivity index (χ1v) is 16.5. The maximum atomic E-state index is 13.4. The minimum atomic E-state index is -4.06. The zero-order valence-electron chi connectivity index (χ0n) is 21.8. The first-order valence-electron chi connectivity index (χ1n) is 12.8. The summed E-state index contributed by atoms with van der Waals surface area (Å²) in [5, 5.41) is 12.7. The van der Waals surface area contributed by atoms with E-state index in [0.717, 1.165) is 16.8 Å². The number of guanidine groups is 1. The maximum absolute atomic E-state index is 13.4. The molecule has 2 aliphatic rings. The number of benzene rings is 3. The second-order valence-corrected chi connectivity index (χ2v) is 13.8. The second-order valence-electron chi connectivity index (χ2n) is 9.72. The molecule has 10 nitrogen and oxygen atoms in total. The standard InChI is InChI=1S/C27H28Cl2N6O4S2/c28-21-8-6-20(7-9-21)26-25(19-4-2-1-3-5-19)18-35(32-26)27(31-23-14-16-34(17-15-23)41(30,38)39)33-40(36,37)24-12-10-22(29)11-13-24/h1-13,23,25H,14-18H2,(H,31,33)(H2,30,38,39)/t25-/m1/s1. The first-order chi connectivity index (χ1) is 19.5. The van der Waals surface area contributed by atoms with Gasteiger partial charge >= 0.3 is 0 Å². The molecule has 0 saturated carbocycles. The Bertz CT molecular complexity index is 1660. The lowest BCUT2D eigenvalue weighted by molar-refractivity contribution is 0.318. The Morgan fingerprint density at radius 1 is 0.878 bits per heavy atom. The Morgan fingerprint density at radius 3 is 2.05 bits per heavy atom. The number of hydrogen-bond donors (Lipinski definition) is 2. The molecule has 1 atom stereocenters. The highest BCUT2D eigenvalue weighted by Gasteiger charge is 2.34. The zero-order valence-corrected chi connectivity index (χ0v) is 24.9. The third-order valence-electron chi connectivity index (χ3n) is 6.94. The van der Waals surface area contributed by atoms with Crippen molar-refractivity contribution in [3.8, 4) is 0 Å². The first kappa shape index (κ1) is 29.5. The van der Waals surface area contributed by atoms with E-state index in [2.05, 4.69) is 4.72 Å². The molecule has 0 radical (unpaired) electrons. The van der Waals surface area contributed by atoms with Crippen LogP contribution in [0.25, 0.3) is 0 Å². The fraction of sp³-hybridized carbons (Fsp3) is 0.259. The summed E-state index contributed by atoms with van der Waals surface area (Å²) >= 11 is 12.1. The van der Waals surface area contributed by atoms with E-state index >= 15 is 0 Å². The topological polar surface area (TPSA) is 138 Å². The summed E-state index contributed by atoms with van der Waals surface area (Å²) in [6.45, 7) is 0.673. The van der Waals surface area contributed by atoms with Crippen molar-refractivity contribution in [3.63, 3.8) is 0 Å². The monoisotopic (exact) mass is 634 g/mol. The van der Waals surface area contributed by atoms with E-state index in [1.807, 2.05) is 42.5 Å². The highest BCUT2D eigenvalue weighted by Crippen LogP contribution is 2.30. The molecule has 1 fully saturated rings. The van der Waals surface area contributed by atoms with Crippen LogP contribution in [0.2, 0.25) is 10.0 Å². The highest BCUT2D eigenvalue weighted by atomic mass is 35.5. The number of hydrazone groups is 1. The summed E-state index contributed by atoms with van der Waals surface area (Å²) in [7, 11) is -7.88. The molecule has 0 aliphatic carbocycles. The van der Waals surface area contributed by atoms with Crippen LogP contribution in [-0.2, 0) is 20.2 Å². The van der Waals surface area contributed by atoms with Gasteiger partial charge in [0.2, 0.25) is 5.96 Å². The largest absolute Gasteiger partial charge is 0.276 e. The Labute approximate surface area is 249 Å². The number of halogens is 2. The fourth-order valence-corrected chi connectivity index (χ4v) is 6.78. The summed E-state index contributed by atoms with van der Waals surface area (Å²) < 4.78 is 54.3. The van der Waals surface area contributed by atoms with Crippen LogP contribution in [0, 0.1) is 0 Å². The van der Waals surface area contributed by atoms with Gasteiger partial charge in [0.15, 0.2) is 0 Å². The van der Waals surface area contributed by atoms with Crippen LogP contribution in [-0.4, -0.2) is 63.5 Å². The second kappa shape index (κ2) is 12.1. The SMILES string of the molecule is NS(=O)(=O)N1CCC(/N=C(\NS(=O)(=O)c2ccc(Cl)cc2)N2C[C@H](c3ccccc3)C(c3ccc(Cl)cc3)=N2)CC1. The summed E-state index contributed by atoms with van der Waals surface area (Å²) in [5.74, 6) is -0.147. The van der Waals surface area contributed by atoms with Crippen molar-refractivity contribution < 1.29 is 16.8 Å². The quantitative estimate of drug-likeness (QED) is 0.314. The van der Waals surface area contributed by atoms with Gasteiger partial charge in [0.1, 0.15) is 0 Å². The van der Waals surface area contributed by atoms with Gasteiger partial charge in [0, 0.05) is 29.1 Å². The number of nitrogens with two attached hydrogens (primary N) is 1. The average molecular weight is 636 g/mol. The van der Waals surface area contributed by atoms with E-state index < -0.39 is 20.2 Å². The van der Waals surface area contributed by atoms with Gasteiger partial charge in [-0.25, -0.2) is 28.3 Å². The van der Waals surface area contributed by atoms with Crippen LogP contribution >= 0.6 is 23.2 Å². The molecule has 3 N–H and O–H groups in total. The molecular formula is C27H28Cl2N6O4S2. The Kier molecular flexibility index (Phi) is 8.69. The number of rotatable bonds is 6. The molecule has 2 aliphatic heterocycles. The van der Waals surface area contributed by atoms with Crippen molar-refractivity contribution in [3.05, 3.63) is 100 Å². The van der Waals surface area contributed by atoms with Crippen LogP contribution in [0.1, 0.15) is 29.9 Å². The maximum Gasteiger partial charge on any atom is 0.276 e. The van der Waals surface area contributed by atoms with E-state index in [1.165, 1.54) is 28.6 Å². The van der Waals surface area contributed by atoms with Gasteiger partial charge < -0.3 is 0 Å². The zero-order chi connectivity index (χ0) is 29.2. The molecule has 14 heteroatoms. The molecule has 0 bridgehead atoms. The van der Waals surface area contributed by atoms with Crippen molar-refractivity contribution in [2.24, 2.45) is 15.2 Å². The smallest absolute Gasteiger partial charge is 0.248 e. The van der Waals surface area contributed by atoms with Gasteiger partial charge in [0.05, 0.1) is 23.2 Å². The molecule has 1 saturated heterocycles. The number of nitrogens with zero attached hydrogens (tertiary/aromatic N) is 4. The number of nitrogens with one attached hydrogen (secondary N) is 1. The molecular weight excluding hydrogens is 607 g/mol. The summed E-state index contributed by atoms with van der Waals surface area (Å²) in [6.07, 6.45) is 0.735. The van der Waals surface area contributed by atoms with Crippen molar-refractivity contribution >= 4 is 55.1 Å². The average Bonchev–Trinajstić information content (AvgIpc) is 3.39. The molecule has 41 heavy (non-hydrogen) atoms. The number of sulfonamides is 1. The van der Waals surface area contributed by atoms with Crippen LogP contribution in [0.15, 0.2) is 93.9 Å². The third-order valence-corrected chi connectivity index (χ3v) is 9.87. The molecule has 5 rings (SSSR count). The highest BCUT2D eigenvalue weighted by molar-refractivity contribution is 7.90. The molecule has 3 aromatic carbocycles. The number of hydrogen-bond acceptors (Lipinski definition) is 6. The Hall–Kier alpha value is -3.00. The lowest BCUT2D eigenvalue weighted by Gasteiger charge is -2.29. The fourth-order valence-electron chi connectivity index (χ4n) is 4.80. The van der Waals surface area contributed by atoms with Crippen molar-refractivity contribution in [2.75, 3.05) is 19.6 Å². The summed E-state index contributed by atoms with van der Waals surface area (Å²) in [6, 6.07) is 22.6. The van der Waals surface area contributed by atoms with E-state index in [1.54, 1.807) is 17.1 Å². The van der Waals surface area contributed by atoms with Crippen LogP contribution < -0.4 is 9.86 Å². The summed E-state index contributed by atoms with van der Waals surface area (Å²) in [5.41, 5.74) is 2.58. The molecule has 216 valence electrons. The predicted molar refractivity (Wildman–Crippen MR) is 161 cm³/mol. The number of piperidine rings is 1. The normalized spacial score (nSPS) is 19.3. The van der Waals surface area contributed by atoms with Gasteiger partial charge in [-0.05, 0) is 60.4 Å². The van der Waals surface area contributed by atoms with E-state index in [9.17, 15) is 16.8 Å². The number of aliphatic imine (C=N–C) groups is 1. The van der Waals surface area contributed by atoms with Crippen molar-refractivity contribution in [1.29, 1.82) is 0 Å². The van der Waals surface area contributed by atoms with Crippen molar-refractivity contribution in [1.82, 2.24) is 14.0 Å². The van der Waals surface area contributed by atoms with Crippen LogP contribution in [0.3, 0.4) is 0 Å². The third kappa shape index (κ3) is 7.08. The van der Waals surface area contributed by atoms with Gasteiger partial charge in [-0.3, -0.25) is 0 Å². The van der Waals surface area contributed by atoms with Gasteiger partial charge in [-0.15, -0.1) is 0 Å². The lowest BCUT2D eigenvalue weighted by Crippen LogP contribution is -2.45. The molecule has 0 unspecified atom stereocenters. The van der Waals surface area contributed by atoms with Gasteiger partial charge in [-0.1, -0.05) is 65.7 Å². The van der Waals surface area contributed by atoms with E-state index in [-0.39, 0.29) is 35.9 Å². The summed E-state index contributed by atoms with van der Waals surface area (Å²) in [4.78, 5) is 4.78. The lowest BCUT2D eigenvalue weighted by atomic mass is 9.91.